The normalized spacial score (nSPS) is 46.6. The van der Waals surface area contributed by atoms with Gasteiger partial charge in [-0.2, -0.15) is 5.26 Å². The maximum absolute atomic E-state index is 11.3. The van der Waals surface area contributed by atoms with Crippen LogP contribution in [0.1, 0.15) is 99.3 Å². The fourth-order valence-corrected chi connectivity index (χ4v) is 10.6. The van der Waals surface area contributed by atoms with Gasteiger partial charge in [-0.3, -0.25) is 0 Å². The Morgan fingerprint density at radius 3 is 2.36 bits per heavy atom. The van der Waals surface area contributed by atoms with Gasteiger partial charge in [0.2, 0.25) is 0 Å². The first kappa shape index (κ1) is 25.7. The fourth-order valence-electron chi connectivity index (χ4n) is 9.20. The maximum Gasteiger partial charge on any atom is 0.192 e. The van der Waals surface area contributed by atoms with E-state index in [-0.39, 0.29) is 16.6 Å². The molecule has 0 spiro atoms. The summed E-state index contributed by atoms with van der Waals surface area (Å²) in [6.07, 6.45) is 10.7. The van der Waals surface area contributed by atoms with Gasteiger partial charge in [0, 0.05) is 12.5 Å². The van der Waals surface area contributed by atoms with Crippen LogP contribution in [0.4, 0.5) is 0 Å². The molecule has 0 aliphatic heterocycles. The Bertz CT molecular complexity index is 769. The zero-order chi connectivity index (χ0) is 24.4. The first-order valence-corrected chi connectivity index (χ1v) is 16.9. The van der Waals surface area contributed by atoms with Crippen molar-refractivity contribution in [1.29, 1.82) is 5.26 Å². The summed E-state index contributed by atoms with van der Waals surface area (Å²) < 4.78 is 6.91. The minimum Gasteiger partial charge on any atom is -0.414 e. The first-order valence-electron chi connectivity index (χ1n) is 14.0. The van der Waals surface area contributed by atoms with Crippen LogP contribution in [0.15, 0.2) is 0 Å². The summed E-state index contributed by atoms with van der Waals surface area (Å²) in [5.41, 5.74) is 0.621. The fraction of sp³-hybridized carbons (Fsp3) is 0.966. The number of aliphatic hydroxyl groups excluding tert-OH is 1. The third kappa shape index (κ3) is 4.17. The first-order chi connectivity index (χ1) is 15.2. The van der Waals surface area contributed by atoms with E-state index in [0.717, 1.165) is 18.3 Å². The van der Waals surface area contributed by atoms with E-state index in [9.17, 15) is 10.4 Å². The molecule has 0 radical (unpaired) electrons. The van der Waals surface area contributed by atoms with Crippen LogP contribution in [-0.4, -0.2) is 25.6 Å². The van der Waals surface area contributed by atoms with Crippen molar-refractivity contribution in [2.75, 3.05) is 0 Å². The lowest BCUT2D eigenvalue weighted by atomic mass is 9.44. The third-order valence-corrected chi connectivity index (χ3v) is 16.6. The van der Waals surface area contributed by atoms with Crippen molar-refractivity contribution in [1.82, 2.24) is 0 Å². The second-order valence-corrected chi connectivity index (χ2v) is 19.4. The zero-order valence-corrected chi connectivity index (χ0v) is 23.8. The van der Waals surface area contributed by atoms with E-state index in [4.69, 9.17) is 4.43 Å². The lowest BCUT2D eigenvalue weighted by Crippen LogP contribution is -2.56. The average molecular weight is 474 g/mol. The Morgan fingerprint density at radius 2 is 1.73 bits per heavy atom. The predicted octanol–water partition coefficient (Wildman–Crippen LogP) is 7.56. The number of hydrogen-bond acceptors (Lipinski definition) is 3. The number of hydrogen-bond donors (Lipinski definition) is 1. The van der Waals surface area contributed by atoms with Crippen molar-refractivity contribution < 1.29 is 9.53 Å². The van der Waals surface area contributed by atoms with Gasteiger partial charge in [0.1, 0.15) is 0 Å². The molecule has 0 aromatic carbocycles. The van der Waals surface area contributed by atoms with Gasteiger partial charge in [0.15, 0.2) is 8.32 Å². The van der Waals surface area contributed by atoms with E-state index in [0.29, 0.717) is 41.6 Å². The Hall–Kier alpha value is -0.373. The summed E-state index contributed by atoms with van der Waals surface area (Å²) in [4.78, 5) is 0. The summed E-state index contributed by atoms with van der Waals surface area (Å²) in [6.45, 7) is 19.2. The molecule has 10 atom stereocenters. The predicted molar refractivity (Wildman–Crippen MR) is 138 cm³/mol. The van der Waals surface area contributed by atoms with E-state index in [1.165, 1.54) is 44.9 Å². The van der Waals surface area contributed by atoms with Crippen LogP contribution in [0.25, 0.3) is 0 Å². The summed E-state index contributed by atoms with van der Waals surface area (Å²) in [5, 5.41) is 20.9. The van der Waals surface area contributed by atoms with Gasteiger partial charge >= 0.3 is 0 Å². The number of nitrogens with zero attached hydrogens (tertiary/aromatic N) is 1. The highest BCUT2D eigenvalue weighted by molar-refractivity contribution is 6.74. The van der Waals surface area contributed by atoms with Crippen LogP contribution in [0.3, 0.4) is 0 Å². The Kier molecular flexibility index (Phi) is 6.72. The molecule has 0 aromatic heterocycles. The van der Waals surface area contributed by atoms with Gasteiger partial charge in [0.25, 0.3) is 0 Å². The van der Waals surface area contributed by atoms with Crippen molar-refractivity contribution >= 4 is 8.32 Å². The third-order valence-electron chi connectivity index (χ3n) is 12.0. The molecule has 0 heterocycles. The highest BCUT2D eigenvalue weighted by Crippen LogP contribution is 2.68. The van der Waals surface area contributed by atoms with Crippen LogP contribution >= 0.6 is 0 Å². The molecule has 0 bridgehead atoms. The van der Waals surface area contributed by atoms with E-state index in [1.807, 2.05) is 0 Å². The molecule has 33 heavy (non-hydrogen) atoms. The van der Waals surface area contributed by atoms with Gasteiger partial charge in [-0.15, -0.1) is 0 Å². The molecule has 0 saturated heterocycles. The quantitative estimate of drug-likeness (QED) is 0.429. The lowest BCUT2D eigenvalue weighted by molar-refractivity contribution is -0.141. The van der Waals surface area contributed by atoms with Crippen LogP contribution in [0.2, 0.25) is 18.1 Å². The molecule has 0 unspecified atom stereocenters. The average Bonchev–Trinajstić information content (AvgIpc) is 2.98. The summed E-state index contributed by atoms with van der Waals surface area (Å²) in [7, 11) is -1.73. The summed E-state index contributed by atoms with van der Waals surface area (Å²) in [5.74, 6) is 3.52. The van der Waals surface area contributed by atoms with Crippen molar-refractivity contribution in [2.45, 2.75) is 130 Å². The Balaban J connectivity index is 1.50. The number of rotatable bonds is 4. The van der Waals surface area contributed by atoms with Crippen LogP contribution in [-0.2, 0) is 4.43 Å². The molecule has 0 aromatic rings. The maximum atomic E-state index is 11.3. The molecular weight excluding hydrogens is 422 g/mol. The van der Waals surface area contributed by atoms with Crippen LogP contribution in [0, 0.1) is 57.7 Å². The Morgan fingerprint density at radius 1 is 1.06 bits per heavy atom. The van der Waals surface area contributed by atoms with Crippen molar-refractivity contribution in [3.05, 3.63) is 0 Å². The Labute approximate surface area is 205 Å². The molecule has 4 saturated carbocycles. The second kappa shape index (κ2) is 8.63. The molecule has 4 aliphatic rings. The molecule has 1 N–H and O–H groups in total. The number of fused-ring (bicyclic) bond motifs is 5. The van der Waals surface area contributed by atoms with E-state index in [2.05, 4.69) is 60.7 Å². The minimum absolute atomic E-state index is 0.174. The highest BCUT2D eigenvalue weighted by atomic mass is 28.4. The molecule has 3 nitrogen and oxygen atoms in total. The molecule has 4 aliphatic carbocycles. The topological polar surface area (TPSA) is 53.2 Å². The standard InChI is InChI=1S/C29H51NO2Si/c1-19(13-16-30)24-18-25(31)26-22-10-9-20-17-21(32-33(7,8)27(2,3)4)11-14-28(20,5)23(22)12-15-29(24,26)6/h19-26,31H,9-15,17-18H2,1-8H3/t19-,20+,21+,22-,23+,24-,25-,26-,28+,29-/m1/s1. The van der Waals surface area contributed by atoms with E-state index >= 15 is 0 Å². The van der Waals surface area contributed by atoms with Crippen molar-refractivity contribution in [3.63, 3.8) is 0 Å². The molecular formula is C29H51NO2Si. The monoisotopic (exact) mass is 473 g/mol. The SMILES string of the molecule is C[C@H](CC#N)[C@H]1C[C@@H](O)[C@H]2[C@@H]3CC[C@H]4C[C@@H](O[Si](C)(C)C(C)(C)C)CC[C@]4(C)[C@H]3CC[C@@]21C. The molecule has 0 amide bonds. The lowest BCUT2D eigenvalue weighted by Gasteiger charge is -2.62. The number of nitriles is 1. The molecule has 188 valence electrons. The van der Waals surface area contributed by atoms with Gasteiger partial charge in [-0.1, -0.05) is 41.5 Å². The van der Waals surface area contributed by atoms with Crippen molar-refractivity contribution in [3.8, 4) is 6.07 Å². The summed E-state index contributed by atoms with van der Waals surface area (Å²) >= 11 is 0. The number of aliphatic hydroxyl groups is 1. The molecule has 4 fully saturated rings. The zero-order valence-electron chi connectivity index (χ0n) is 22.8. The van der Waals surface area contributed by atoms with Gasteiger partial charge < -0.3 is 9.53 Å². The molecule has 4 rings (SSSR count). The van der Waals surface area contributed by atoms with E-state index in [1.54, 1.807) is 0 Å². The van der Waals surface area contributed by atoms with Gasteiger partial charge in [-0.25, -0.2) is 0 Å². The van der Waals surface area contributed by atoms with Gasteiger partial charge in [-0.05, 0) is 116 Å². The van der Waals surface area contributed by atoms with Crippen molar-refractivity contribution in [2.24, 2.45) is 46.3 Å². The highest BCUT2D eigenvalue weighted by Gasteiger charge is 2.63. The van der Waals surface area contributed by atoms with Crippen LogP contribution in [0.5, 0.6) is 0 Å². The summed E-state index contributed by atoms with van der Waals surface area (Å²) in [6, 6.07) is 2.41. The van der Waals surface area contributed by atoms with E-state index < -0.39 is 8.32 Å². The van der Waals surface area contributed by atoms with Crippen LogP contribution < -0.4 is 0 Å². The molecule has 4 heteroatoms. The van der Waals surface area contributed by atoms with Gasteiger partial charge in [0.05, 0.1) is 12.2 Å². The minimum atomic E-state index is -1.73. The second-order valence-electron chi connectivity index (χ2n) is 14.6. The largest absolute Gasteiger partial charge is 0.414 e. The smallest absolute Gasteiger partial charge is 0.192 e.